The van der Waals surface area contributed by atoms with Crippen LogP contribution in [0.2, 0.25) is 0 Å². The Balaban J connectivity index is 1.80. The molecule has 0 amide bonds. The van der Waals surface area contributed by atoms with E-state index in [2.05, 4.69) is 15.5 Å². The van der Waals surface area contributed by atoms with Crippen molar-refractivity contribution in [2.45, 2.75) is 26.8 Å². The van der Waals surface area contributed by atoms with Gasteiger partial charge >= 0.3 is 0 Å². The molecule has 1 heterocycles. The number of rotatable bonds is 5. The van der Waals surface area contributed by atoms with Gasteiger partial charge in [-0.3, -0.25) is 0 Å². The van der Waals surface area contributed by atoms with Crippen molar-refractivity contribution in [3.63, 3.8) is 0 Å². The number of nitrogens with one attached hydrogen (secondary N) is 1. The molecule has 0 aliphatic rings. The number of ether oxygens (including phenoxy) is 1. The van der Waals surface area contributed by atoms with Gasteiger partial charge in [0.2, 0.25) is 11.8 Å². The first kappa shape index (κ1) is 16.1. The lowest BCUT2D eigenvalue weighted by atomic mass is 10.1. The highest BCUT2D eigenvalue weighted by atomic mass is 16.5. The van der Waals surface area contributed by atoms with Crippen molar-refractivity contribution < 1.29 is 9.15 Å². The molecular weight excluding hydrogens is 302 g/mol. The van der Waals surface area contributed by atoms with E-state index in [-0.39, 0.29) is 6.04 Å². The van der Waals surface area contributed by atoms with E-state index in [1.54, 1.807) is 7.11 Å². The second kappa shape index (κ2) is 6.74. The number of hydrogen-bond donors (Lipinski definition) is 1. The Labute approximate surface area is 141 Å². The van der Waals surface area contributed by atoms with Crippen LogP contribution in [0, 0.1) is 13.8 Å². The fourth-order valence-corrected chi connectivity index (χ4v) is 2.45. The molecule has 5 nitrogen and oxygen atoms in total. The molecule has 0 saturated heterocycles. The minimum absolute atomic E-state index is 0.132. The maximum atomic E-state index is 5.82. The van der Waals surface area contributed by atoms with Crippen molar-refractivity contribution >= 4 is 5.69 Å². The van der Waals surface area contributed by atoms with E-state index < -0.39 is 0 Å². The van der Waals surface area contributed by atoms with Crippen LogP contribution in [0.3, 0.4) is 0 Å². The number of aryl methyl sites for hydroxylation is 2. The van der Waals surface area contributed by atoms with Crippen LogP contribution in [-0.4, -0.2) is 17.3 Å². The fourth-order valence-electron chi connectivity index (χ4n) is 2.45. The van der Waals surface area contributed by atoms with Crippen LogP contribution in [0.4, 0.5) is 5.69 Å². The molecule has 124 valence electrons. The summed E-state index contributed by atoms with van der Waals surface area (Å²) in [4.78, 5) is 0. The molecule has 1 unspecified atom stereocenters. The molecule has 3 aromatic rings. The number of aromatic nitrogens is 2. The zero-order valence-electron chi connectivity index (χ0n) is 14.3. The first-order chi connectivity index (χ1) is 11.6. The normalized spacial score (nSPS) is 12.0. The minimum Gasteiger partial charge on any atom is -0.495 e. The summed E-state index contributed by atoms with van der Waals surface area (Å²) in [5.41, 5.74) is 4.16. The van der Waals surface area contributed by atoms with E-state index in [1.165, 1.54) is 5.56 Å². The fraction of sp³-hybridized carbons (Fsp3) is 0.263. The Morgan fingerprint density at radius 1 is 1.00 bits per heavy atom. The lowest BCUT2D eigenvalue weighted by molar-refractivity contribution is 0.415. The maximum Gasteiger partial charge on any atom is 0.247 e. The third-order valence-corrected chi connectivity index (χ3v) is 3.84. The largest absolute Gasteiger partial charge is 0.495 e. The first-order valence-corrected chi connectivity index (χ1v) is 7.88. The molecule has 0 saturated carbocycles. The lowest BCUT2D eigenvalue weighted by Crippen LogP contribution is -2.08. The number of benzene rings is 2. The summed E-state index contributed by atoms with van der Waals surface area (Å²) in [6.45, 7) is 6.07. The van der Waals surface area contributed by atoms with E-state index in [0.29, 0.717) is 11.8 Å². The van der Waals surface area contributed by atoms with Gasteiger partial charge in [-0.1, -0.05) is 23.8 Å². The van der Waals surface area contributed by atoms with E-state index >= 15 is 0 Å². The molecule has 0 aliphatic carbocycles. The number of methoxy groups -OCH3 is 1. The van der Waals surface area contributed by atoms with Crippen molar-refractivity contribution in [2.24, 2.45) is 0 Å². The third-order valence-electron chi connectivity index (χ3n) is 3.84. The second-order valence-corrected chi connectivity index (χ2v) is 5.88. The van der Waals surface area contributed by atoms with E-state index in [1.807, 2.05) is 63.2 Å². The highest BCUT2D eigenvalue weighted by Crippen LogP contribution is 2.29. The Kier molecular flexibility index (Phi) is 4.51. The Morgan fingerprint density at radius 3 is 2.42 bits per heavy atom. The van der Waals surface area contributed by atoms with Crippen molar-refractivity contribution in [3.8, 4) is 17.2 Å². The molecule has 2 aromatic carbocycles. The first-order valence-electron chi connectivity index (χ1n) is 7.88. The smallest absolute Gasteiger partial charge is 0.247 e. The molecule has 0 bridgehead atoms. The van der Waals surface area contributed by atoms with Gasteiger partial charge in [-0.15, -0.1) is 10.2 Å². The standard InChI is InChI=1S/C19H21N3O2/c1-12-5-8-15(9-6-12)19-22-21-18(24-19)14(3)20-16-11-13(2)7-10-17(16)23-4/h5-11,14,20H,1-4H3. The topological polar surface area (TPSA) is 60.2 Å². The average Bonchev–Trinajstić information content (AvgIpc) is 3.06. The van der Waals surface area contributed by atoms with Crippen molar-refractivity contribution in [2.75, 3.05) is 12.4 Å². The van der Waals surface area contributed by atoms with Gasteiger partial charge in [-0.25, -0.2) is 0 Å². The molecule has 1 aromatic heterocycles. The zero-order chi connectivity index (χ0) is 17.1. The highest BCUT2D eigenvalue weighted by Gasteiger charge is 2.16. The van der Waals surface area contributed by atoms with Gasteiger partial charge in [0, 0.05) is 5.56 Å². The second-order valence-electron chi connectivity index (χ2n) is 5.88. The molecule has 0 fully saturated rings. The van der Waals surface area contributed by atoms with Gasteiger partial charge in [0.25, 0.3) is 0 Å². The number of anilines is 1. The number of hydrogen-bond acceptors (Lipinski definition) is 5. The van der Waals surface area contributed by atoms with Gasteiger partial charge in [0.15, 0.2) is 0 Å². The summed E-state index contributed by atoms with van der Waals surface area (Å²) in [6.07, 6.45) is 0. The summed E-state index contributed by atoms with van der Waals surface area (Å²) in [7, 11) is 1.66. The predicted molar refractivity (Wildman–Crippen MR) is 94.2 cm³/mol. The van der Waals surface area contributed by atoms with Gasteiger partial charge in [-0.2, -0.15) is 0 Å². The minimum atomic E-state index is -0.132. The van der Waals surface area contributed by atoms with Gasteiger partial charge in [0.1, 0.15) is 11.8 Å². The molecule has 24 heavy (non-hydrogen) atoms. The lowest BCUT2D eigenvalue weighted by Gasteiger charge is -2.15. The van der Waals surface area contributed by atoms with Gasteiger partial charge in [-0.05, 0) is 50.6 Å². The van der Waals surface area contributed by atoms with Crippen LogP contribution in [0.5, 0.6) is 5.75 Å². The maximum absolute atomic E-state index is 5.82. The summed E-state index contributed by atoms with van der Waals surface area (Å²) in [5.74, 6) is 1.84. The molecule has 3 rings (SSSR count). The quantitative estimate of drug-likeness (QED) is 0.747. The van der Waals surface area contributed by atoms with Crippen LogP contribution in [0.1, 0.15) is 30.0 Å². The van der Waals surface area contributed by atoms with E-state index in [4.69, 9.17) is 9.15 Å². The third kappa shape index (κ3) is 3.40. The van der Waals surface area contributed by atoms with Crippen molar-refractivity contribution in [1.82, 2.24) is 10.2 Å². The molecule has 1 atom stereocenters. The Morgan fingerprint density at radius 2 is 1.71 bits per heavy atom. The van der Waals surface area contributed by atoms with Crippen molar-refractivity contribution in [3.05, 3.63) is 59.5 Å². The monoisotopic (exact) mass is 323 g/mol. The predicted octanol–water partition coefficient (Wildman–Crippen LogP) is 4.54. The van der Waals surface area contributed by atoms with Gasteiger partial charge in [0.05, 0.1) is 12.8 Å². The Hall–Kier alpha value is -2.82. The Bertz CT molecular complexity index is 825. The van der Waals surface area contributed by atoms with E-state index in [9.17, 15) is 0 Å². The molecule has 1 N–H and O–H groups in total. The van der Waals surface area contributed by atoms with Crippen LogP contribution >= 0.6 is 0 Å². The van der Waals surface area contributed by atoms with Crippen LogP contribution in [-0.2, 0) is 0 Å². The summed E-state index contributed by atoms with van der Waals surface area (Å²) in [5, 5.41) is 11.7. The molecule has 0 radical (unpaired) electrons. The zero-order valence-corrected chi connectivity index (χ0v) is 14.3. The number of nitrogens with zero attached hydrogens (tertiary/aromatic N) is 2. The van der Waals surface area contributed by atoms with Crippen LogP contribution in [0.25, 0.3) is 11.5 Å². The summed E-state index contributed by atoms with van der Waals surface area (Å²) in [6, 6.07) is 13.9. The van der Waals surface area contributed by atoms with Gasteiger partial charge < -0.3 is 14.5 Å². The van der Waals surface area contributed by atoms with Crippen LogP contribution < -0.4 is 10.1 Å². The molecule has 0 spiro atoms. The SMILES string of the molecule is COc1ccc(C)cc1NC(C)c1nnc(-c2ccc(C)cc2)o1. The van der Waals surface area contributed by atoms with Crippen LogP contribution in [0.15, 0.2) is 46.9 Å². The molecule has 0 aliphatic heterocycles. The summed E-state index contributed by atoms with van der Waals surface area (Å²) >= 11 is 0. The van der Waals surface area contributed by atoms with E-state index in [0.717, 1.165) is 22.6 Å². The molecule has 5 heteroatoms. The average molecular weight is 323 g/mol. The highest BCUT2D eigenvalue weighted by molar-refractivity contribution is 5.59. The molecular formula is C19H21N3O2. The van der Waals surface area contributed by atoms with Crippen molar-refractivity contribution in [1.29, 1.82) is 0 Å². The summed E-state index contributed by atoms with van der Waals surface area (Å²) < 4.78 is 11.2.